The van der Waals surface area contributed by atoms with Gasteiger partial charge in [-0.25, -0.2) is 21.8 Å². The Kier molecular flexibility index (Phi) is 6.43. The van der Waals surface area contributed by atoms with Crippen molar-refractivity contribution in [1.29, 1.82) is 0 Å². The van der Waals surface area contributed by atoms with Crippen molar-refractivity contribution in [3.8, 4) is 0 Å². The van der Waals surface area contributed by atoms with E-state index in [1.54, 1.807) is 12.1 Å². The zero-order valence-corrected chi connectivity index (χ0v) is 17.6. The minimum atomic E-state index is -3.93. The monoisotopic (exact) mass is 417 g/mol. The van der Waals surface area contributed by atoms with Crippen LogP contribution in [0.5, 0.6) is 0 Å². The molecule has 144 valence electrons. The average molecular weight is 418 g/mol. The maximum absolute atomic E-state index is 13.0. The summed E-state index contributed by atoms with van der Waals surface area (Å²) in [5, 5.41) is 3.03. The Morgan fingerprint density at radius 1 is 1.12 bits per heavy atom. The van der Waals surface area contributed by atoms with Crippen LogP contribution < -0.4 is 5.32 Å². The Morgan fingerprint density at radius 3 is 2.27 bits per heavy atom. The second-order valence-corrected chi connectivity index (χ2v) is 11.4. The summed E-state index contributed by atoms with van der Waals surface area (Å²) in [6.45, 7) is 4.50. The summed E-state index contributed by atoms with van der Waals surface area (Å²) >= 11 is 0.860. The molecule has 0 spiro atoms. The molecule has 2 rings (SSSR count). The van der Waals surface area contributed by atoms with E-state index in [0.717, 1.165) is 16.9 Å². The van der Waals surface area contributed by atoms with Gasteiger partial charge in [-0.15, -0.1) is 0 Å². The van der Waals surface area contributed by atoms with Gasteiger partial charge in [-0.05, 0) is 33.2 Å². The van der Waals surface area contributed by atoms with E-state index >= 15 is 0 Å². The number of benzene rings is 1. The van der Waals surface area contributed by atoms with E-state index in [4.69, 9.17) is 0 Å². The zero-order valence-electron chi connectivity index (χ0n) is 15.2. The van der Waals surface area contributed by atoms with Crippen LogP contribution in [0.4, 0.5) is 5.00 Å². The highest BCUT2D eigenvalue weighted by atomic mass is 32.2. The fraction of sp³-hybridized carbons (Fsp3) is 0.438. The molecule has 0 fully saturated rings. The smallest absolute Gasteiger partial charge is 0.226 e. The number of hydrogen-bond acceptors (Lipinski definition) is 8. The Labute approximate surface area is 158 Å². The van der Waals surface area contributed by atoms with Gasteiger partial charge in [0.1, 0.15) is 5.00 Å². The number of hydrogen-bond donors (Lipinski definition) is 1. The summed E-state index contributed by atoms with van der Waals surface area (Å²) in [5.74, 6) is -0.137. The lowest BCUT2D eigenvalue weighted by atomic mass is 10.2. The summed E-state index contributed by atoms with van der Waals surface area (Å²) in [4.78, 5) is 6.01. The summed E-state index contributed by atoms with van der Waals surface area (Å²) in [6.07, 6.45) is 0. The molecule has 0 atom stereocenters. The lowest BCUT2D eigenvalue weighted by molar-refractivity contribution is 0.425. The highest BCUT2D eigenvalue weighted by Gasteiger charge is 2.29. The summed E-state index contributed by atoms with van der Waals surface area (Å²) in [6, 6.07) is 6.40. The molecule has 0 aliphatic rings. The van der Waals surface area contributed by atoms with Crippen LogP contribution >= 0.6 is 11.3 Å². The first-order valence-corrected chi connectivity index (χ1v) is 12.0. The van der Waals surface area contributed by atoms with Crippen LogP contribution in [-0.4, -0.2) is 59.7 Å². The van der Waals surface area contributed by atoms with Crippen LogP contribution in [0.2, 0.25) is 0 Å². The van der Waals surface area contributed by atoms with Gasteiger partial charge in [0, 0.05) is 13.1 Å². The quantitative estimate of drug-likeness (QED) is 0.702. The molecular weight excluding hydrogens is 394 g/mol. The van der Waals surface area contributed by atoms with E-state index in [1.165, 1.54) is 19.1 Å². The van der Waals surface area contributed by atoms with Crippen molar-refractivity contribution in [2.24, 2.45) is 0 Å². The lowest BCUT2D eigenvalue weighted by Gasteiger charge is -2.11. The molecule has 0 bridgehead atoms. The molecule has 1 N–H and O–H groups in total. The molecule has 7 nitrogen and oxygen atoms in total. The third kappa shape index (κ3) is 4.61. The minimum absolute atomic E-state index is 0.0875. The Hall–Kier alpha value is -1.49. The molecule has 1 aromatic heterocycles. The number of anilines is 1. The van der Waals surface area contributed by atoms with Crippen molar-refractivity contribution in [2.75, 3.05) is 38.3 Å². The van der Waals surface area contributed by atoms with Gasteiger partial charge in [0.25, 0.3) is 0 Å². The van der Waals surface area contributed by atoms with Crippen LogP contribution in [0.25, 0.3) is 0 Å². The minimum Gasteiger partial charge on any atom is -0.373 e. The molecule has 0 unspecified atom stereocenters. The molecular formula is C16H23N3O4S3. The number of sulfone groups is 2. The van der Waals surface area contributed by atoms with E-state index in [9.17, 15) is 16.8 Å². The highest BCUT2D eigenvalue weighted by Crippen LogP contribution is 2.34. The standard InChI is InChI=1S/C16H23N3O4S3/c1-5-25(20,21)16-18-15(14(24-16)17-10-11-19(3)4)26(22,23)13-8-6-12(2)7-9-13/h6-9,17H,5,10-11H2,1-4H3. The summed E-state index contributed by atoms with van der Waals surface area (Å²) in [7, 11) is -3.74. The third-order valence-corrected chi connectivity index (χ3v) is 8.68. The van der Waals surface area contributed by atoms with Gasteiger partial charge in [-0.3, -0.25) is 0 Å². The van der Waals surface area contributed by atoms with E-state index in [0.29, 0.717) is 13.1 Å². The predicted molar refractivity (Wildman–Crippen MR) is 104 cm³/mol. The predicted octanol–water partition coefficient (Wildman–Crippen LogP) is 2.05. The van der Waals surface area contributed by atoms with E-state index in [2.05, 4.69) is 10.3 Å². The largest absolute Gasteiger partial charge is 0.373 e. The van der Waals surface area contributed by atoms with E-state index in [-0.39, 0.29) is 25.0 Å². The molecule has 0 aliphatic heterocycles. The highest BCUT2D eigenvalue weighted by molar-refractivity contribution is 7.94. The normalized spacial score (nSPS) is 12.5. The molecule has 1 heterocycles. The van der Waals surface area contributed by atoms with Crippen LogP contribution in [0.1, 0.15) is 12.5 Å². The number of likely N-dealkylation sites (N-methyl/N-ethyl adjacent to an activating group) is 1. The third-order valence-electron chi connectivity index (χ3n) is 3.65. The molecule has 0 aliphatic carbocycles. The second kappa shape index (κ2) is 8.03. The first-order chi connectivity index (χ1) is 12.1. The van der Waals surface area contributed by atoms with Crippen LogP contribution in [0.3, 0.4) is 0 Å². The summed E-state index contributed by atoms with van der Waals surface area (Å²) < 4.78 is 50.1. The Balaban J connectivity index is 2.52. The number of rotatable bonds is 8. The van der Waals surface area contributed by atoms with Gasteiger partial charge >= 0.3 is 0 Å². The van der Waals surface area contributed by atoms with Crippen molar-refractivity contribution in [3.05, 3.63) is 29.8 Å². The van der Waals surface area contributed by atoms with Gasteiger partial charge in [0.05, 0.1) is 10.6 Å². The topological polar surface area (TPSA) is 96.4 Å². The number of nitrogens with zero attached hydrogens (tertiary/aromatic N) is 2. The SMILES string of the molecule is CCS(=O)(=O)c1nc(S(=O)(=O)c2ccc(C)cc2)c(NCCN(C)C)s1. The van der Waals surface area contributed by atoms with Gasteiger partial charge in [-0.1, -0.05) is 36.0 Å². The number of aromatic nitrogens is 1. The van der Waals surface area contributed by atoms with Gasteiger partial charge in [-0.2, -0.15) is 0 Å². The maximum atomic E-state index is 13.0. The lowest BCUT2D eigenvalue weighted by Crippen LogP contribution is -2.21. The molecule has 0 saturated heterocycles. The van der Waals surface area contributed by atoms with Crippen molar-refractivity contribution in [2.45, 2.75) is 28.1 Å². The molecule has 26 heavy (non-hydrogen) atoms. The van der Waals surface area contributed by atoms with Gasteiger partial charge in [0.2, 0.25) is 24.0 Å². The molecule has 0 radical (unpaired) electrons. The molecule has 0 saturated carbocycles. The number of aryl methyl sites for hydroxylation is 1. The first kappa shape index (κ1) is 20.8. The average Bonchev–Trinajstić information content (AvgIpc) is 3.01. The zero-order chi connectivity index (χ0) is 19.5. The van der Waals surface area contributed by atoms with E-state index in [1.807, 2.05) is 25.9 Å². The van der Waals surface area contributed by atoms with Gasteiger partial charge < -0.3 is 10.2 Å². The Bertz CT molecular complexity index is 963. The number of thiazole rings is 1. The van der Waals surface area contributed by atoms with E-state index < -0.39 is 19.7 Å². The molecule has 2 aromatic rings. The van der Waals surface area contributed by atoms with Crippen LogP contribution in [-0.2, 0) is 19.7 Å². The Morgan fingerprint density at radius 2 is 1.73 bits per heavy atom. The van der Waals surface area contributed by atoms with Crippen LogP contribution in [0, 0.1) is 6.92 Å². The van der Waals surface area contributed by atoms with Crippen molar-refractivity contribution in [1.82, 2.24) is 9.88 Å². The molecule has 0 amide bonds. The molecule has 10 heteroatoms. The van der Waals surface area contributed by atoms with Gasteiger partial charge in [0.15, 0.2) is 5.03 Å². The van der Waals surface area contributed by atoms with Crippen molar-refractivity contribution < 1.29 is 16.8 Å². The number of nitrogens with one attached hydrogen (secondary N) is 1. The summed E-state index contributed by atoms with van der Waals surface area (Å²) in [5.41, 5.74) is 0.931. The van der Waals surface area contributed by atoms with Crippen molar-refractivity contribution in [3.63, 3.8) is 0 Å². The van der Waals surface area contributed by atoms with Crippen molar-refractivity contribution >= 4 is 36.0 Å². The maximum Gasteiger partial charge on any atom is 0.226 e. The second-order valence-electron chi connectivity index (χ2n) is 6.06. The van der Waals surface area contributed by atoms with Crippen LogP contribution in [0.15, 0.2) is 38.5 Å². The fourth-order valence-corrected chi connectivity index (χ4v) is 6.08. The fourth-order valence-electron chi connectivity index (χ4n) is 2.06. The molecule has 1 aromatic carbocycles. The first-order valence-electron chi connectivity index (χ1n) is 8.02.